The van der Waals surface area contributed by atoms with E-state index in [4.69, 9.17) is 10.2 Å². The van der Waals surface area contributed by atoms with Crippen molar-refractivity contribution in [3.05, 3.63) is 0 Å². The number of carbonyl (C=O) groups is 1. The molecule has 4 heteroatoms. The van der Waals surface area contributed by atoms with Crippen molar-refractivity contribution in [3.63, 3.8) is 0 Å². The third-order valence-electron chi connectivity index (χ3n) is 0.824. The molecule has 4 nitrogen and oxygen atoms in total. The van der Waals surface area contributed by atoms with Crippen LogP contribution in [-0.2, 0) is 9.53 Å². The molecule has 0 atom stereocenters. The second kappa shape index (κ2) is 3.53. The van der Waals surface area contributed by atoms with Gasteiger partial charge in [-0.15, -0.1) is 0 Å². The molecule has 2 N–H and O–H groups in total. The molecule has 0 rings (SSSR count). The first-order valence-corrected chi connectivity index (χ1v) is 3.10. The number of aliphatic hydroxyl groups is 2. The molecule has 0 bridgehead atoms. The van der Waals surface area contributed by atoms with Crippen LogP contribution < -0.4 is 0 Å². The SMILES string of the molecule is CCCOC(=O)C(C)(O)O. The molecule has 0 saturated heterocycles. The zero-order chi connectivity index (χ0) is 8.20. The van der Waals surface area contributed by atoms with E-state index in [1.54, 1.807) is 0 Å². The summed E-state index contributed by atoms with van der Waals surface area (Å²) in [6.45, 7) is 3.00. The maximum absolute atomic E-state index is 10.5. The Hall–Kier alpha value is -0.610. The Kier molecular flexibility index (Phi) is 3.32. The minimum Gasteiger partial charge on any atom is -0.462 e. The topological polar surface area (TPSA) is 66.8 Å². The minimum atomic E-state index is -2.35. The molecule has 0 aromatic carbocycles. The lowest BCUT2D eigenvalue weighted by atomic mass is 10.3. The Balaban J connectivity index is 3.64. The van der Waals surface area contributed by atoms with Crippen LogP contribution in [0.25, 0.3) is 0 Å². The summed E-state index contributed by atoms with van der Waals surface area (Å²) in [6.07, 6.45) is 0.668. The summed E-state index contributed by atoms with van der Waals surface area (Å²) < 4.78 is 4.42. The largest absolute Gasteiger partial charge is 0.462 e. The first-order valence-electron chi connectivity index (χ1n) is 3.10. The van der Waals surface area contributed by atoms with Crippen molar-refractivity contribution < 1.29 is 19.7 Å². The van der Waals surface area contributed by atoms with Crippen molar-refractivity contribution in [2.24, 2.45) is 0 Å². The molecule has 60 valence electrons. The average Bonchev–Trinajstić information content (AvgIpc) is 1.80. The van der Waals surface area contributed by atoms with E-state index in [1.807, 2.05) is 6.92 Å². The van der Waals surface area contributed by atoms with Crippen LogP contribution in [0.3, 0.4) is 0 Å². The van der Waals surface area contributed by atoms with Gasteiger partial charge in [-0.05, 0) is 6.42 Å². The van der Waals surface area contributed by atoms with Gasteiger partial charge in [-0.2, -0.15) is 0 Å². The monoisotopic (exact) mass is 148 g/mol. The van der Waals surface area contributed by atoms with Crippen LogP contribution in [0.15, 0.2) is 0 Å². The van der Waals surface area contributed by atoms with Crippen molar-refractivity contribution >= 4 is 5.97 Å². The van der Waals surface area contributed by atoms with E-state index >= 15 is 0 Å². The van der Waals surface area contributed by atoms with E-state index in [1.165, 1.54) is 0 Å². The van der Waals surface area contributed by atoms with Gasteiger partial charge in [0.25, 0.3) is 5.79 Å². The average molecular weight is 148 g/mol. The Bertz CT molecular complexity index is 113. The normalized spacial score (nSPS) is 11.2. The standard InChI is InChI=1S/C6H12O4/c1-3-4-10-5(7)6(2,8)9/h8-9H,3-4H2,1-2H3. The summed E-state index contributed by atoms with van der Waals surface area (Å²) in [4.78, 5) is 10.5. The Labute approximate surface area is 59.4 Å². The summed E-state index contributed by atoms with van der Waals surface area (Å²) in [6, 6.07) is 0. The lowest BCUT2D eigenvalue weighted by molar-refractivity contribution is -0.203. The molecule has 0 amide bonds. The predicted octanol–water partition coefficient (Wildman–Crippen LogP) is -0.360. The maximum Gasteiger partial charge on any atom is 0.366 e. The number of hydrogen-bond acceptors (Lipinski definition) is 4. The Morgan fingerprint density at radius 1 is 1.60 bits per heavy atom. The lowest BCUT2D eigenvalue weighted by Gasteiger charge is -2.13. The molecular weight excluding hydrogens is 136 g/mol. The number of carbonyl (C=O) groups excluding carboxylic acids is 1. The summed E-state index contributed by atoms with van der Waals surface area (Å²) >= 11 is 0. The number of hydrogen-bond donors (Lipinski definition) is 2. The predicted molar refractivity (Wildman–Crippen MR) is 34.1 cm³/mol. The molecule has 0 spiro atoms. The number of esters is 1. The fourth-order valence-corrected chi connectivity index (χ4v) is 0.331. The van der Waals surface area contributed by atoms with Gasteiger partial charge in [0.05, 0.1) is 6.61 Å². The zero-order valence-corrected chi connectivity index (χ0v) is 6.13. The van der Waals surface area contributed by atoms with Crippen LogP contribution >= 0.6 is 0 Å². The van der Waals surface area contributed by atoms with Gasteiger partial charge in [-0.1, -0.05) is 6.92 Å². The van der Waals surface area contributed by atoms with E-state index in [0.717, 1.165) is 6.92 Å². The van der Waals surface area contributed by atoms with Gasteiger partial charge in [-0.25, -0.2) is 4.79 Å². The van der Waals surface area contributed by atoms with E-state index in [0.29, 0.717) is 6.42 Å². The van der Waals surface area contributed by atoms with Crippen molar-refractivity contribution in [2.75, 3.05) is 6.61 Å². The van der Waals surface area contributed by atoms with Gasteiger partial charge in [0.2, 0.25) is 0 Å². The highest BCUT2D eigenvalue weighted by molar-refractivity contribution is 5.76. The van der Waals surface area contributed by atoms with Crippen LogP contribution in [0.2, 0.25) is 0 Å². The highest BCUT2D eigenvalue weighted by Crippen LogP contribution is 1.99. The summed E-state index contributed by atoms with van der Waals surface area (Å²) in [5.74, 6) is -3.36. The van der Waals surface area contributed by atoms with Crippen molar-refractivity contribution in [1.29, 1.82) is 0 Å². The third kappa shape index (κ3) is 3.42. The molecule has 0 unspecified atom stereocenters. The highest BCUT2D eigenvalue weighted by Gasteiger charge is 2.27. The van der Waals surface area contributed by atoms with Crippen molar-refractivity contribution in [2.45, 2.75) is 26.1 Å². The molecule has 0 aromatic heterocycles. The van der Waals surface area contributed by atoms with E-state index in [9.17, 15) is 4.79 Å². The van der Waals surface area contributed by atoms with Crippen LogP contribution in [0.1, 0.15) is 20.3 Å². The molecule has 0 aliphatic heterocycles. The zero-order valence-electron chi connectivity index (χ0n) is 6.13. The molecular formula is C6H12O4. The van der Waals surface area contributed by atoms with Crippen LogP contribution in [0.5, 0.6) is 0 Å². The van der Waals surface area contributed by atoms with E-state index in [2.05, 4.69) is 4.74 Å². The lowest BCUT2D eigenvalue weighted by Crippen LogP contribution is -2.36. The van der Waals surface area contributed by atoms with E-state index < -0.39 is 11.8 Å². The number of rotatable bonds is 3. The molecule has 0 fully saturated rings. The summed E-state index contributed by atoms with van der Waals surface area (Å²) in [7, 11) is 0. The smallest absolute Gasteiger partial charge is 0.366 e. The van der Waals surface area contributed by atoms with Gasteiger partial charge in [0, 0.05) is 6.92 Å². The van der Waals surface area contributed by atoms with Gasteiger partial charge >= 0.3 is 5.97 Å². The maximum atomic E-state index is 10.5. The highest BCUT2D eigenvalue weighted by atomic mass is 16.6. The van der Waals surface area contributed by atoms with Crippen molar-refractivity contribution in [1.82, 2.24) is 0 Å². The van der Waals surface area contributed by atoms with Gasteiger partial charge < -0.3 is 14.9 Å². The van der Waals surface area contributed by atoms with Crippen molar-refractivity contribution in [3.8, 4) is 0 Å². The Morgan fingerprint density at radius 3 is 2.40 bits per heavy atom. The van der Waals surface area contributed by atoms with Crippen LogP contribution in [-0.4, -0.2) is 28.6 Å². The molecule has 0 radical (unpaired) electrons. The second-order valence-corrected chi connectivity index (χ2v) is 2.16. The summed E-state index contributed by atoms with van der Waals surface area (Å²) in [5.41, 5.74) is 0. The first kappa shape index (κ1) is 9.39. The minimum absolute atomic E-state index is 0.218. The molecule has 0 saturated carbocycles. The molecule has 0 aliphatic rings. The first-order chi connectivity index (χ1) is 4.48. The quantitative estimate of drug-likeness (QED) is 0.423. The molecule has 0 aromatic rings. The summed E-state index contributed by atoms with van der Waals surface area (Å²) in [5, 5.41) is 17.2. The van der Waals surface area contributed by atoms with Gasteiger partial charge in [0.1, 0.15) is 0 Å². The third-order valence-corrected chi connectivity index (χ3v) is 0.824. The molecule has 0 aliphatic carbocycles. The van der Waals surface area contributed by atoms with Gasteiger partial charge in [-0.3, -0.25) is 0 Å². The van der Waals surface area contributed by atoms with Crippen LogP contribution in [0.4, 0.5) is 0 Å². The second-order valence-electron chi connectivity index (χ2n) is 2.16. The number of ether oxygens (including phenoxy) is 1. The van der Waals surface area contributed by atoms with E-state index in [-0.39, 0.29) is 6.61 Å². The fraction of sp³-hybridized carbons (Fsp3) is 0.833. The fourth-order valence-electron chi connectivity index (χ4n) is 0.331. The van der Waals surface area contributed by atoms with Gasteiger partial charge in [0.15, 0.2) is 0 Å². The Morgan fingerprint density at radius 2 is 2.10 bits per heavy atom. The molecule has 0 heterocycles. The molecule has 10 heavy (non-hydrogen) atoms. The van der Waals surface area contributed by atoms with Crippen LogP contribution in [0, 0.1) is 0 Å².